The van der Waals surface area contributed by atoms with E-state index in [1.165, 1.54) is 0 Å². The first kappa shape index (κ1) is 12.8. The van der Waals surface area contributed by atoms with E-state index in [1.807, 2.05) is 13.8 Å². The fourth-order valence-corrected chi connectivity index (χ4v) is 0.886. The summed E-state index contributed by atoms with van der Waals surface area (Å²) < 4.78 is 10.3. The summed E-state index contributed by atoms with van der Waals surface area (Å²) in [6, 6.07) is 0. The maximum Gasteiger partial charge on any atom is 0.107 e. The highest BCUT2D eigenvalue weighted by molar-refractivity contribution is 4.50. The van der Waals surface area contributed by atoms with Crippen LogP contribution in [0.1, 0.15) is 13.8 Å². The summed E-state index contributed by atoms with van der Waals surface area (Å²) in [4.78, 5) is 0. The number of hydrogen-bond acceptors (Lipinski definition) is 5. The SMILES string of the molecule is CC(NC(C)OCCO)OCCO. The lowest BCUT2D eigenvalue weighted by atomic mass is 10.5. The Morgan fingerprint density at radius 3 is 1.69 bits per heavy atom. The Kier molecular flexibility index (Phi) is 8.27. The third-order valence-corrected chi connectivity index (χ3v) is 1.39. The summed E-state index contributed by atoms with van der Waals surface area (Å²) in [6.07, 6.45) is -0.332. The molecular weight excluding hydrogens is 174 g/mol. The van der Waals surface area contributed by atoms with Crippen LogP contribution in [0.2, 0.25) is 0 Å². The largest absolute Gasteiger partial charge is 0.394 e. The average molecular weight is 193 g/mol. The molecule has 0 amide bonds. The number of hydrogen-bond donors (Lipinski definition) is 3. The van der Waals surface area contributed by atoms with Crippen molar-refractivity contribution in [3.63, 3.8) is 0 Å². The molecule has 0 saturated carbocycles. The van der Waals surface area contributed by atoms with E-state index >= 15 is 0 Å². The van der Waals surface area contributed by atoms with E-state index in [2.05, 4.69) is 5.32 Å². The Hall–Kier alpha value is -0.200. The van der Waals surface area contributed by atoms with Crippen LogP contribution >= 0.6 is 0 Å². The Morgan fingerprint density at radius 1 is 1.00 bits per heavy atom. The van der Waals surface area contributed by atoms with Crippen LogP contribution in [-0.4, -0.2) is 49.1 Å². The molecule has 0 aromatic rings. The van der Waals surface area contributed by atoms with Gasteiger partial charge in [-0.25, -0.2) is 0 Å². The van der Waals surface area contributed by atoms with Gasteiger partial charge in [0.15, 0.2) is 0 Å². The molecule has 0 aliphatic carbocycles. The van der Waals surface area contributed by atoms with Gasteiger partial charge in [-0.1, -0.05) is 0 Å². The predicted octanol–water partition coefficient (Wildman–Crippen LogP) is -0.714. The molecule has 0 radical (unpaired) electrons. The van der Waals surface area contributed by atoms with Crippen molar-refractivity contribution in [1.82, 2.24) is 5.32 Å². The quantitative estimate of drug-likeness (QED) is 0.444. The lowest BCUT2D eigenvalue weighted by Crippen LogP contribution is -2.38. The van der Waals surface area contributed by atoms with Crippen LogP contribution in [0, 0.1) is 0 Å². The van der Waals surface area contributed by atoms with E-state index in [9.17, 15) is 0 Å². The van der Waals surface area contributed by atoms with E-state index in [0.717, 1.165) is 0 Å². The van der Waals surface area contributed by atoms with Crippen LogP contribution in [0.15, 0.2) is 0 Å². The molecule has 13 heavy (non-hydrogen) atoms. The minimum Gasteiger partial charge on any atom is -0.394 e. The molecule has 0 saturated heterocycles. The molecule has 3 N–H and O–H groups in total. The van der Waals surface area contributed by atoms with Crippen LogP contribution in [0.3, 0.4) is 0 Å². The van der Waals surface area contributed by atoms with Gasteiger partial charge in [0.05, 0.1) is 26.4 Å². The molecule has 0 aromatic heterocycles. The van der Waals surface area contributed by atoms with Crippen LogP contribution in [-0.2, 0) is 9.47 Å². The van der Waals surface area contributed by atoms with Gasteiger partial charge in [-0.3, -0.25) is 5.32 Å². The third-order valence-electron chi connectivity index (χ3n) is 1.39. The molecular formula is C8H19NO4. The molecule has 0 aliphatic heterocycles. The maximum atomic E-state index is 8.47. The fraction of sp³-hybridized carbons (Fsp3) is 1.00. The number of aliphatic hydroxyl groups excluding tert-OH is 2. The number of nitrogens with one attached hydrogen (secondary N) is 1. The van der Waals surface area contributed by atoms with Gasteiger partial charge in [0, 0.05) is 0 Å². The highest BCUT2D eigenvalue weighted by Crippen LogP contribution is 1.91. The van der Waals surface area contributed by atoms with E-state index in [1.54, 1.807) is 0 Å². The zero-order valence-corrected chi connectivity index (χ0v) is 8.19. The lowest BCUT2D eigenvalue weighted by Gasteiger charge is -2.20. The van der Waals surface area contributed by atoms with Crippen molar-refractivity contribution in [3.8, 4) is 0 Å². The van der Waals surface area contributed by atoms with Gasteiger partial charge in [-0.05, 0) is 13.8 Å². The first-order valence-corrected chi connectivity index (χ1v) is 4.41. The Morgan fingerprint density at radius 2 is 1.38 bits per heavy atom. The van der Waals surface area contributed by atoms with Crippen molar-refractivity contribution in [2.24, 2.45) is 0 Å². The van der Waals surface area contributed by atoms with Crippen LogP contribution in [0.25, 0.3) is 0 Å². The molecule has 0 spiro atoms. The highest BCUT2D eigenvalue weighted by Gasteiger charge is 2.06. The van der Waals surface area contributed by atoms with Crippen molar-refractivity contribution < 1.29 is 19.7 Å². The first-order chi connectivity index (χ1) is 6.20. The smallest absolute Gasteiger partial charge is 0.107 e. The number of rotatable bonds is 8. The van der Waals surface area contributed by atoms with Crippen LogP contribution in [0.4, 0.5) is 0 Å². The molecule has 0 fully saturated rings. The van der Waals surface area contributed by atoms with E-state index in [0.29, 0.717) is 13.2 Å². The summed E-state index contributed by atoms with van der Waals surface area (Å²) in [5.41, 5.74) is 0. The molecule has 0 bridgehead atoms. The Balaban J connectivity index is 3.35. The minimum absolute atomic E-state index is 0.0118. The average Bonchev–Trinajstić information content (AvgIpc) is 2.11. The van der Waals surface area contributed by atoms with Gasteiger partial charge in [-0.15, -0.1) is 0 Å². The normalized spacial score (nSPS) is 15.7. The van der Waals surface area contributed by atoms with Crippen LogP contribution in [0.5, 0.6) is 0 Å². The van der Waals surface area contributed by atoms with Crippen LogP contribution < -0.4 is 5.32 Å². The van der Waals surface area contributed by atoms with E-state index < -0.39 is 0 Å². The van der Waals surface area contributed by atoms with Crippen molar-refractivity contribution in [1.29, 1.82) is 0 Å². The van der Waals surface area contributed by atoms with Crippen molar-refractivity contribution in [3.05, 3.63) is 0 Å². The van der Waals surface area contributed by atoms with Crippen molar-refractivity contribution in [2.45, 2.75) is 26.3 Å². The Bertz CT molecular complexity index is 100. The zero-order valence-electron chi connectivity index (χ0n) is 8.19. The van der Waals surface area contributed by atoms with Gasteiger partial charge < -0.3 is 19.7 Å². The van der Waals surface area contributed by atoms with Crippen molar-refractivity contribution >= 4 is 0 Å². The van der Waals surface area contributed by atoms with Crippen molar-refractivity contribution in [2.75, 3.05) is 26.4 Å². The Labute approximate surface area is 78.7 Å². The fourth-order valence-electron chi connectivity index (χ4n) is 0.886. The van der Waals surface area contributed by atoms with Gasteiger partial charge in [0.2, 0.25) is 0 Å². The van der Waals surface area contributed by atoms with E-state index in [-0.39, 0.29) is 25.7 Å². The summed E-state index contributed by atoms with van der Waals surface area (Å²) in [7, 11) is 0. The molecule has 5 heteroatoms. The molecule has 0 aliphatic rings. The summed E-state index contributed by atoms with van der Waals surface area (Å²) in [6.45, 7) is 4.29. The van der Waals surface area contributed by atoms with Gasteiger partial charge in [0.25, 0.3) is 0 Å². The second kappa shape index (κ2) is 8.40. The zero-order chi connectivity index (χ0) is 10.1. The minimum atomic E-state index is -0.166. The second-order valence-corrected chi connectivity index (χ2v) is 2.64. The summed E-state index contributed by atoms with van der Waals surface area (Å²) >= 11 is 0. The molecule has 80 valence electrons. The predicted molar refractivity (Wildman–Crippen MR) is 48.1 cm³/mol. The van der Waals surface area contributed by atoms with Gasteiger partial charge in [0.1, 0.15) is 12.5 Å². The monoisotopic (exact) mass is 193 g/mol. The second-order valence-electron chi connectivity index (χ2n) is 2.64. The molecule has 0 heterocycles. The topological polar surface area (TPSA) is 71.0 Å². The first-order valence-electron chi connectivity index (χ1n) is 4.41. The molecule has 0 rings (SSSR count). The third kappa shape index (κ3) is 8.14. The molecule has 2 atom stereocenters. The molecule has 2 unspecified atom stereocenters. The van der Waals surface area contributed by atoms with Gasteiger partial charge >= 0.3 is 0 Å². The van der Waals surface area contributed by atoms with Gasteiger partial charge in [-0.2, -0.15) is 0 Å². The summed E-state index contributed by atoms with van der Waals surface area (Å²) in [5, 5.41) is 19.9. The molecule has 5 nitrogen and oxygen atoms in total. The lowest BCUT2D eigenvalue weighted by molar-refractivity contribution is -0.0446. The maximum absolute atomic E-state index is 8.47. The highest BCUT2D eigenvalue weighted by atomic mass is 16.5. The van der Waals surface area contributed by atoms with E-state index in [4.69, 9.17) is 19.7 Å². The standard InChI is InChI=1S/C8H19NO4/c1-7(12-5-3-10)9-8(2)13-6-4-11/h7-11H,3-6H2,1-2H3. The summed E-state index contributed by atoms with van der Waals surface area (Å²) in [5.74, 6) is 0. The number of aliphatic hydroxyl groups is 2. The number of ether oxygens (including phenoxy) is 2. The molecule has 0 aromatic carbocycles.